The molecule has 0 unspecified atom stereocenters. The lowest BCUT2D eigenvalue weighted by atomic mass is 10.2. The lowest BCUT2D eigenvalue weighted by Gasteiger charge is -2.09. The zero-order chi connectivity index (χ0) is 17.0. The molecule has 0 saturated heterocycles. The Morgan fingerprint density at radius 2 is 1.70 bits per heavy atom. The van der Waals surface area contributed by atoms with Crippen molar-refractivity contribution in [3.8, 4) is 0 Å². The van der Waals surface area contributed by atoms with Crippen molar-refractivity contribution in [3.05, 3.63) is 65.2 Å². The molecule has 0 bridgehead atoms. The fourth-order valence-electron chi connectivity index (χ4n) is 1.77. The van der Waals surface area contributed by atoms with Crippen molar-refractivity contribution in [1.82, 2.24) is 10.0 Å². The van der Waals surface area contributed by atoms with E-state index in [4.69, 9.17) is 0 Å². The van der Waals surface area contributed by atoms with Gasteiger partial charge < -0.3 is 5.32 Å². The van der Waals surface area contributed by atoms with Crippen LogP contribution in [0, 0.1) is 18.6 Å². The Kier molecular flexibility index (Phi) is 4.95. The Labute approximate surface area is 132 Å². The number of rotatable bonds is 4. The Morgan fingerprint density at radius 3 is 2.30 bits per heavy atom. The molecule has 0 aliphatic rings. The summed E-state index contributed by atoms with van der Waals surface area (Å²) in [6, 6.07) is 8.13. The molecule has 0 atom stereocenters. The van der Waals surface area contributed by atoms with Crippen LogP contribution < -0.4 is 10.0 Å². The van der Waals surface area contributed by atoms with Crippen LogP contribution in [0.3, 0.4) is 0 Å². The number of hydrogen-bond donors (Lipinski definition) is 2. The molecule has 2 amide bonds. The normalized spacial score (nSPS) is 11.1. The van der Waals surface area contributed by atoms with E-state index in [-0.39, 0.29) is 11.4 Å². The molecule has 2 rings (SSSR count). The van der Waals surface area contributed by atoms with Crippen molar-refractivity contribution in [3.63, 3.8) is 0 Å². The maximum Gasteiger partial charge on any atom is 0.328 e. The van der Waals surface area contributed by atoms with Gasteiger partial charge in [-0.1, -0.05) is 23.8 Å². The van der Waals surface area contributed by atoms with Crippen LogP contribution >= 0.6 is 0 Å². The van der Waals surface area contributed by atoms with Gasteiger partial charge in [0.05, 0.1) is 4.90 Å². The molecule has 8 heteroatoms. The molecule has 0 fully saturated rings. The number of sulfonamides is 1. The summed E-state index contributed by atoms with van der Waals surface area (Å²) < 4.78 is 51.6. The fraction of sp³-hybridized carbons (Fsp3) is 0.133. The minimum absolute atomic E-state index is 0.0499. The Bertz CT molecular complexity index is 821. The maximum absolute atomic E-state index is 13.0. The first-order chi connectivity index (χ1) is 10.8. The molecule has 0 saturated carbocycles. The molecule has 2 aromatic rings. The number of hydrogen-bond acceptors (Lipinski definition) is 3. The van der Waals surface area contributed by atoms with Gasteiger partial charge in [0.1, 0.15) is 0 Å². The van der Waals surface area contributed by atoms with E-state index in [1.54, 1.807) is 19.1 Å². The summed E-state index contributed by atoms with van der Waals surface area (Å²) in [7, 11) is -3.99. The lowest BCUT2D eigenvalue weighted by Crippen LogP contribution is -2.39. The van der Waals surface area contributed by atoms with Crippen molar-refractivity contribution >= 4 is 16.1 Å². The average molecular weight is 340 g/mol. The van der Waals surface area contributed by atoms with Crippen LogP contribution in [0.1, 0.15) is 11.1 Å². The van der Waals surface area contributed by atoms with Crippen LogP contribution in [0.25, 0.3) is 0 Å². The second-order valence-electron chi connectivity index (χ2n) is 4.85. The van der Waals surface area contributed by atoms with Gasteiger partial charge in [-0.15, -0.1) is 0 Å². The van der Waals surface area contributed by atoms with Gasteiger partial charge in [-0.05, 0) is 36.8 Å². The van der Waals surface area contributed by atoms with Gasteiger partial charge in [0.2, 0.25) is 0 Å². The first kappa shape index (κ1) is 16.9. The average Bonchev–Trinajstić information content (AvgIpc) is 2.48. The van der Waals surface area contributed by atoms with E-state index in [9.17, 15) is 22.0 Å². The molecular formula is C15H14F2N2O3S. The number of nitrogens with one attached hydrogen (secondary N) is 2. The summed E-state index contributed by atoms with van der Waals surface area (Å²) in [6.45, 7) is 1.66. The van der Waals surface area contributed by atoms with E-state index >= 15 is 0 Å². The smallest absolute Gasteiger partial charge is 0.328 e. The molecule has 2 aromatic carbocycles. The Morgan fingerprint density at radius 1 is 1.04 bits per heavy atom. The van der Waals surface area contributed by atoms with E-state index in [0.717, 1.165) is 17.7 Å². The van der Waals surface area contributed by atoms with Gasteiger partial charge in [0, 0.05) is 6.54 Å². The first-order valence-electron chi connectivity index (χ1n) is 6.59. The highest BCUT2D eigenvalue weighted by Gasteiger charge is 2.17. The molecule has 0 aliphatic carbocycles. The highest BCUT2D eigenvalue weighted by Crippen LogP contribution is 2.10. The van der Waals surface area contributed by atoms with Crippen molar-refractivity contribution < 1.29 is 22.0 Å². The monoisotopic (exact) mass is 340 g/mol. The number of carbonyl (C=O) groups excluding carboxylic acids is 1. The number of benzene rings is 2. The molecule has 122 valence electrons. The summed E-state index contributed by atoms with van der Waals surface area (Å²) in [5.41, 5.74) is 1.18. The van der Waals surface area contributed by atoms with Gasteiger partial charge in [-0.3, -0.25) is 0 Å². The number of amides is 2. The molecule has 5 nitrogen and oxygen atoms in total. The Hall–Kier alpha value is -2.48. The van der Waals surface area contributed by atoms with Gasteiger partial charge in [-0.2, -0.15) is 0 Å². The second-order valence-corrected chi connectivity index (χ2v) is 6.53. The van der Waals surface area contributed by atoms with Crippen LogP contribution in [0.4, 0.5) is 13.6 Å². The Balaban J connectivity index is 1.98. The van der Waals surface area contributed by atoms with Crippen LogP contribution in [-0.2, 0) is 16.6 Å². The summed E-state index contributed by atoms with van der Waals surface area (Å²) in [5, 5.41) is 2.26. The predicted octanol–water partition coefficient (Wildman–Crippen LogP) is 2.46. The minimum Gasteiger partial charge on any atom is -0.333 e. The molecule has 0 radical (unpaired) electrons. The van der Waals surface area contributed by atoms with Crippen LogP contribution in [-0.4, -0.2) is 14.4 Å². The lowest BCUT2D eigenvalue weighted by molar-refractivity contribution is 0.245. The third-order valence-electron chi connectivity index (χ3n) is 3.00. The molecule has 0 aliphatic heterocycles. The van der Waals surface area contributed by atoms with Crippen LogP contribution in [0.2, 0.25) is 0 Å². The molecule has 2 N–H and O–H groups in total. The largest absolute Gasteiger partial charge is 0.333 e. The highest BCUT2D eigenvalue weighted by molar-refractivity contribution is 7.90. The summed E-state index contributed by atoms with van der Waals surface area (Å²) >= 11 is 0. The third kappa shape index (κ3) is 4.49. The predicted molar refractivity (Wildman–Crippen MR) is 80.1 cm³/mol. The SMILES string of the molecule is Cc1ccc(S(=O)(=O)NC(=O)NCc2ccc(F)c(F)c2)cc1. The summed E-state index contributed by atoms with van der Waals surface area (Å²) in [4.78, 5) is 11.6. The van der Waals surface area contributed by atoms with Gasteiger partial charge >= 0.3 is 6.03 Å². The summed E-state index contributed by atoms with van der Waals surface area (Å²) in [5.74, 6) is -2.04. The maximum atomic E-state index is 13.0. The van der Waals surface area contributed by atoms with Crippen molar-refractivity contribution in [2.75, 3.05) is 0 Å². The third-order valence-corrected chi connectivity index (χ3v) is 4.34. The van der Waals surface area contributed by atoms with E-state index < -0.39 is 27.7 Å². The second kappa shape index (κ2) is 6.74. The van der Waals surface area contributed by atoms with E-state index in [0.29, 0.717) is 5.56 Å². The quantitative estimate of drug-likeness (QED) is 0.898. The van der Waals surface area contributed by atoms with E-state index in [1.165, 1.54) is 18.2 Å². The van der Waals surface area contributed by atoms with E-state index in [1.807, 2.05) is 4.72 Å². The zero-order valence-corrected chi connectivity index (χ0v) is 13.0. The van der Waals surface area contributed by atoms with Gasteiger partial charge in [-0.25, -0.2) is 26.7 Å². The van der Waals surface area contributed by atoms with Crippen molar-refractivity contribution in [2.24, 2.45) is 0 Å². The highest BCUT2D eigenvalue weighted by atomic mass is 32.2. The zero-order valence-electron chi connectivity index (χ0n) is 12.1. The molecule has 0 heterocycles. The number of urea groups is 1. The molecule has 0 spiro atoms. The molecular weight excluding hydrogens is 326 g/mol. The van der Waals surface area contributed by atoms with Gasteiger partial charge in [0.15, 0.2) is 11.6 Å². The van der Waals surface area contributed by atoms with Crippen LogP contribution in [0.15, 0.2) is 47.4 Å². The standard InChI is InChI=1S/C15H14F2N2O3S/c1-10-2-5-12(6-3-10)23(21,22)19-15(20)18-9-11-4-7-13(16)14(17)8-11/h2-8H,9H2,1H3,(H2,18,19,20). The van der Waals surface area contributed by atoms with Crippen LogP contribution in [0.5, 0.6) is 0 Å². The first-order valence-corrected chi connectivity index (χ1v) is 8.07. The van der Waals surface area contributed by atoms with Crippen molar-refractivity contribution in [1.29, 1.82) is 0 Å². The van der Waals surface area contributed by atoms with E-state index in [2.05, 4.69) is 5.32 Å². The van der Waals surface area contributed by atoms with Crippen molar-refractivity contribution in [2.45, 2.75) is 18.4 Å². The topological polar surface area (TPSA) is 75.3 Å². The van der Waals surface area contributed by atoms with Gasteiger partial charge in [0.25, 0.3) is 10.0 Å². The molecule has 23 heavy (non-hydrogen) atoms. The number of aryl methyl sites for hydroxylation is 1. The molecule has 0 aromatic heterocycles. The number of halogens is 2. The fourth-order valence-corrected chi connectivity index (χ4v) is 2.69. The minimum atomic E-state index is -3.99. The number of carbonyl (C=O) groups is 1. The summed E-state index contributed by atoms with van der Waals surface area (Å²) in [6.07, 6.45) is 0.